The summed E-state index contributed by atoms with van der Waals surface area (Å²) in [6.45, 7) is 8.17. The molecule has 2 aromatic carbocycles. The second kappa shape index (κ2) is 11.3. The molecule has 0 fully saturated rings. The molecular formula is C27H30N6O6S. The maximum Gasteiger partial charge on any atom is 0.316 e. The molecule has 0 aliphatic rings. The number of hydrogen-bond donors (Lipinski definition) is 1. The van der Waals surface area contributed by atoms with Gasteiger partial charge in [-0.05, 0) is 35.6 Å². The second-order valence-electron chi connectivity index (χ2n) is 10.1. The van der Waals surface area contributed by atoms with Gasteiger partial charge in [0.1, 0.15) is 31.4 Å². The van der Waals surface area contributed by atoms with Crippen molar-refractivity contribution >= 4 is 21.5 Å². The summed E-state index contributed by atoms with van der Waals surface area (Å²) in [6, 6.07) is 14.3. The highest BCUT2D eigenvalue weighted by molar-refractivity contribution is 7.92. The van der Waals surface area contributed by atoms with Gasteiger partial charge >= 0.3 is 11.7 Å². The van der Waals surface area contributed by atoms with Crippen molar-refractivity contribution in [1.82, 2.24) is 19.7 Å². The Kier molecular flexibility index (Phi) is 8.05. The second-order valence-corrected chi connectivity index (χ2v) is 11.8. The summed E-state index contributed by atoms with van der Waals surface area (Å²) >= 11 is 0. The van der Waals surface area contributed by atoms with Crippen molar-refractivity contribution in [3.63, 3.8) is 0 Å². The van der Waals surface area contributed by atoms with Crippen LogP contribution in [0.3, 0.4) is 0 Å². The lowest BCUT2D eigenvalue weighted by atomic mass is 9.87. The third-order valence-electron chi connectivity index (χ3n) is 6.00. The lowest BCUT2D eigenvalue weighted by molar-refractivity contribution is -0.385. The van der Waals surface area contributed by atoms with Crippen LogP contribution in [0.2, 0.25) is 0 Å². The first kappa shape index (κ1) is 28.5. The van der Waals surface area contributed by atoms with E-state index in [1.807, 2.05) is 43.3 Å². The van der Waals surface area contributed by atoms with E-state index >= 15 is 0 Å². The molecule has 12 nitrogen and oxygen atoms in total. The van der Waals surface area contributed by atoms with E-state index in [2.05, 4.69) is 40.6 Å². The van der Waals surface area contributed by atoms with E-state index < -0.39 is 14.9 Å². The summed E-state index contributed by atoms with van der Waals surface area (Å²) in [5.74, 6) is 0.429. The molecule has 0 amide bonds. The summed E-state index contributed by atoms with van der Waals surface area (Å²) in [5, 5.41) is 15.2. The van der Waals surface area contributed by atoms with Gasteiger partial charge < -0.3 is 9.47 Å². The van der Waals surface area contributed by atoms with Gasteiger partial charge in [0.15, 0.2) is 0 Å². The standard InChI is InChI=1S/C27H30N6O6S/c1-18-6-8-19(9-7-18)23-24(31-40(36,37)22-12-10-20(11-13-22)27(2,3)4)32(5)30-25(23)38-14-15-39-26-28-16-21(17-29-26)33(34)35/h6-13,16-17,31H,14-15H2,1-5H3. The van der Waals surface area contributed by atoms with E-state index in [-0.39, 0.29) is 46.9 Å². The molecule has 210 valence electrons. The highest BCUT2D eigenvalue weighted by Crippen LogP contribution is 2.38. The first-order valence-corrected chi connectivity index (χ1v) is 13.8. The Bertz CT molecular complexity index is 1590. The maximum atomic E-state index is 13.4. The van der Waals surface area contributed by atoms with Gasteiger partial charge in [0.05, 0.1) is 15.4 Å². The van der Waals surface area contributed by atoms with Crippen LogP contribution in [0, 0.1) is 17.0 Å². The number of aryl methyl sites for hydroxylation is 2. The Morgan fingerprint density at radius 2 is 1.57 bits per heavy atom. The Morgan fingerprint density at radius 3 is 2.15 bits per heavy atom. The largest absolute Gasteiger partial charge is 0.472 e. The minimum absolute atomic E-state index is 0.0168. The molecule has 4 aromatic rings. The molecule has 0 unspecified atom stereocenters. The predicted octanol–water partition coefficient (Wildman–Crippen LogP) is 4.65. The fraction of sp³-hybridized carbons (Fsp3) is 0.296. The fourth-order valence-electron chi connectivity index (χ4n) is 3.77. The molecule has 0 bridgehead atoms. The third-order valence-corrected chi connectivity index (χ3v) is 7.35. The molecule has 0 aliphatic heterocycles. The summed E-state index contributed by atoms with van der Waals surface area (Å²) < 4.78 is 42.1. The van der Waals surface area contributed by atoms with Crippen LogP contribution in [0.5, 0.6) is 11.9 Å². The van der Waals surface area contributed by atoms with E-state index in [0.29, 0.717) is 11.1 Å². The van der Waals surface area contributed by atoms with Crippen LogP contribution in [0.25, 0.3) is 11.1 Å². The number of hydrogen-bond acceptors (Lipinski definition) is 9. The minimum Gasteiger partial charge on any atom is -0.472 e. The van der Waals surface area contributed by atoms with Gasteiger partial charge in [-0.2, -0.15) is 9.97 Å². The molecule has 0 saturated heterocycles. The smallest absolute Gasteiger partial charge is 0.316 e. The Balaban J connectivity index is 1.57. The summed E-state index contributed by atoms with van der Waals surface area (Å²) in [4.78, 5) is 17.9. The number of rotatable bonds is 10. The molecule has 0 atom stereocenters. The Hall–Kier alpha value is -4.52. The number of aromatic nitrogens is 4. The molecule has 4 rings (SSSR count). The van der Waals surface area contributed by atoms with Crippen LogP contribution < -0.4 is 14.2 Å². The van der Waals surface area contributed by atoms with Gasteiger partial charge in [0, 0.05) is 7.05 Å². The molecule has 2 aromatic heterocycles. The molecule has 0 aliphatic carbocycles. The molecule has 1 N–H and O–H groups in total. The van der Waals surface area contributed by atoms with Crippen molar-refractivity contribution < 1.29 is 22.8 Å². The number of anilines is 1. The van der Waals surface area contributed by atoms with Crippen LogP contribution in [-0.4, -0.2) is 46.3 Å². The van der Waals surface area contributed by atoms with Gasteiger partial charge in [-0.1, -0.05) is 62.7 Å². The van der Waals surface area contributed by atoms with Gasteiger partial charge in [-0.15, -0.1) is 5.10 Å². The molecular weight excluding hydrogens is 536 g/mol. The van der Waals surface area contributed by atoms with Gasteiger partial charge in [-0.3, -0.25) is 14.8 Å². The van der Waals surface area contributed by atoms with E-state index in [4.69, 9.17) is 9.47 Å². The van der Waals surface area contributed by atoms with Crippen molar-refractivity contribution in [2.75, 3.05) is 17.9 Å². The van der Waals surface area contributed by atoms with Crippen LogP contribution in [-0.2, 0) is 22.5 Å². The van der Waals surface area contributed by atoms with Crippen molar-refractivity contribution in [3.05, 3.63) is 82.2 Å². The third kappa shape index (κ3) is 6.54. The average Bonchev–Trinajstić information content (AvgIpc) is 3.21. The van der Waals surface area contributed by atoms with Gasteiger partial charge in [-0.25, -0.2) is 13.1 Å². The molecule has 0 saturated carbocycles. The maximum absolute atomic E-state index is 13.4. The van der Waals surface area contributed by atoms with Crippen LogP contribution in [0.15, 0.2) is 65.8 Å². The number of benzene rings is 2. The van der Waals surface area contributed by atoms with Crippen molar-refractivity contribution in [1.29, 1.82) is 0 Å². The lowest BCUT2D eigenvalue weighted by Crippen LogP contribution is -2.17. The van der Waals surface area contributed by atoms with Gasteiger partial charge in [0.2, 0.25) is 5.88 Å². The summed E-state index contributed by atoms with van der Waals surface area (Å²) in [7, 11) is -2.33. The topological polar surface area (TPSA) is 151 Å². The zero-order valence-electron chi connectivity index (χ0n) is 22.8. The van der Waals surface area contributed by atoms with Crippen molar-refractivity contribution in [3.8, 4) is 23.0 Å². The van der Waals surface area contributed by atoms with Gasteiger partial charge in [0.25, 0.3) is 10.0 Å². The summed E-state index contributed by atoms with van der Waals surface area (Å²) in [5.41, 5.74) is 2.85. The monoisotopic (exact) mass is 566 g/mol. The van der Waals surface area contributed by atoms with Crippen LogP contribution in [0.4, 0.5) is 11.5 Å². The fourth-order valence-corrected chi connectivity index (χ4v) is 4.87. The molecule has 0 radical (unpaired) electrons. The highest BCUT2D eigenvalue weighted by Gasteiger charge is 2.25. The minimum atomic E-state index is -3.95. The van der Waals surface area contributed by atoms with Crippen molar-refractivity contribution in [2.45, 2.75) is 38.0 Å². The quantitative estimate of drug-likeness (QED) is 0.164. The predicted molar refractivity (Wildman–Crippen MR) is 149 cm³/mol. The Labute approximate surface area is 232 Å². The average molecular weight is 567 g/mol. The first-order chi connectivity index (χ1) is 18.8. The normalized spacial score (nSPS) is 11.7. The molecule has 13 heteroatoms. The molecule has 40 heavy (non-hydrogen) atoms. The number of nitrogens with one attached hydrogen (secondary N) is 1. The number of nitro groups is 1. The van der Waals surface area contributed by atoms with E-state index in [9.17, 15) is 18.5 Å². The zero-order valence-corrected chi connectivity index (χ0v) is 23.6. The first-order valence-electron chi connectivity index (χ1n) is 12.3. The Morgan fingerprint density at radius 1 is 0.975 bits per heavy atom. The number of ether oxygens (including phenoxy) is 2. The summed E-state index contributed by atoms with van der Waals surface area (Å²) in [6.07, 6.45) is 2.10. The zero-order chi connectivity index (χ0) is 29.1. The van der Waals surface area contributed by atoms with Crippen molar-refractivity contribution in [2.24, 2.45) is 7.05 Å². The lowest BCUT2D eigenvalue weighted by Gasteiger charge is -2.19. The number of sulfonamides is 1. The SMILES string of the molecule is Cc1ccc(-c2c(OCCOc3ncc([N+](=O)[O-])cn3)nn(C)c2NS(=O)(=O)c2ccc(C(C)(C)C)cc2)cc1. The van der Waals surface area contributed by atoms with E-state index in [1.54, 1.807) is 19.2 Å². The molecule has 2 heterocycles. The van der Waals surface area contributed by atoms with E-state index in [0.717, 1.165) is 23.5 Å². The van der Waals surface area contributed by atoms with Crippen LogP contribution >= 0.6 is 0 Å². The molecule has 0 spiro atoms. The van der Waals surface area contributed by atoms with E-state index in [1.165, 1.54) is 4.68 Å². The number of nitrogens with zero attached hydrogens (tertiary/aromatic N) is 5. The highest BCUT2D eigenvalue weighted by atomic mass is 32.2. The van der Waals surface area contributed by atoms with Crippen LogP contribution in [0.1, 0.15) is 31.9 Å².